The summed E-state index contributed by atoms with van der Waals surface area (Å²) in [6.07, 6.45) is 0. The van der Waals surface area contributed by atoms with Crippen molar-refractivity contribution in [2.45, 2.75) is 6.92 Å². The molecular formula is C10H7F2NS. The average molecular weight is 211 g/mol. The van der Waals surface area contributed by atoms with Gasteiger partial charge in [0, 0.05) is 17.0 Å². The molecular weight excluding hydrogens is 204 g/mol. The highest BCUT2D eigenvalue weighted by Crippen LogP contribution is 2.23. The second-order valence-electron chi connectivity index (χ2n) is 2.91. The number of nitrogens with zero attached hydrogens (tertiary/aromatic N) is 1. The van der Waals surface area contributed by atoms with Crippen molar-refractivity contribution in [2.75, 3.05) is 0 Å². The first-order chi connectivity index (χ1) is 6.65. The molecule has 0 fully saturated rings. The van der Waals surface area contributed by atoms with Gasteiger partial charge in [-0.25, -0.2) is 13.8 Å². The van der Waals surface area contributed by atoms with Gasteiger partial charge in [0.25, 0.3) is 0 Å². The second-order valence-corrected chi connectivity index (χ2v) is 3.97. The predicted molar refractivity (Wildman–Crippen MR) is 52.2 cm³/mol. The zero-order valence-corrected chi connectivity index (χ0v) is 8.24. The molecule has 1 nitrogen and oxygen atoms in total. The van der Waals surface area contributed by atoms with Crippen LogP contribution in [0.5, 0.6) is 0 Å². The lowest BCUT2D eigenvalue weighted by Gasteiger charge is -1.97. The highest BCUT2D eigenvalue weighted by atomic mass is 32.1. The summed E-state index contributed by atoms with van der Waals surface area (Å²) in [7, 11) is 0. The molecule has 0 atom stereocenters. The standard InChI is InChI=1S/C10H7F2NS/c1-6-13-10(5-14-6)7-2-8(11)4-9(12)3-7/h2-5H,1H3. The molecule has 1 aromatic carbocycles. The van der Waals surface area contributed by atoms with Gasteiger partial charge in [-0.15, -0.1) is 11.3 Å². The van der Waals surface area contributed by atoms with Gasteiger partial charge in [-0.3, -0.25) is 0 Å². The molecule has 4 heteroatoms. The Labute approximate surface area is 84.0 Å². The van der Waals surface area contributed by atoms with E-state index in [1.165, 1.54) is 23.5 Å². The largest absolute Gasteiger partial charge is 0.242 e. The Bertz CT molecular complexity index is 445. The third-order valence-electron chi connectivity index (χ3n) is 1.78. The predicted octanol–water partition coefficient (Wildman–Crippen LogP) is 3.40. The number of aromatic nitrogens is 1. The molecule has 0 aliphatic carbocycles. The van der Waals surface area contributed by atoms with Crippen LogP contribution < -0.4 is 0 Å². The summed E-state index contributed by atoms with van der Waals surface area (Å²) in [5, 5.41) is 2.66. The summed E-state index contributed by atoms with van der Waals surface area (Å²) in [6.45, 7) is 1.85. The van der Waals surface area contributed by atoms with Crippen LogP contribution in [-0.4, -0.2) is 4.98 Å². The summed E-state index contributed by atoms with van der Waals surface area (Å²) >= 11 is 1.45. The lowest BCUT2D eigenvalue weighted by Crippen LogP contribution is -1.84. The molecule has 1 aromatic heterocycles. The van der Waals surface area contributed by atoms with Gasteiger partial charge in [0.1, 0.15) is 11.6 Å². The van der Waals surface area contributed by atoms with E-state index >= 15 is 0 Å². The molecule has 0 unspecified atom stereocenters. The zero-order valence-electron chi connectivity index (χ0n) is 7.42. The minimum Gasteiger partial charge on any atom is -0.242 e. The topological polar surface area (TPSA) is 12.9 Å². The van der Waals surface area contributed by atoms with E-state index in [9.17, 15) is 8.78 Å². The molecule has 0 spiro atoms. The van der Waals surface area contributed by atoms with E-state index in [0.717, 1.165) is 11.1 Å². The third-order valence-corrected chi connectivity index (χ3v) is 2.55. The molecule has 14 heavy (non-hydrogen) atoms. The number of aryl methyl sites for hydroxylation is 1. The molecule has 0 saturated heterocycles. The van der Waals surface area contributed by atoms with Crippen LogP contribution in [0.4, 0.5) is 8.78 Å². The molecule has 0 saturated carbocycles. The normalized spacial score (nSPS) is 10.5. The maximum Gasteiger partial charge on any atom is 0.126 e. The quantitative estimate of drug-likeness (QED) is 0.704. The average Bonchev–Trinajstić information content (AvgIpc) is 2.50. The van der Waals surface area contributed by atoms with Crippen molar-refractivity contribution < 1.29 is 8.78 Å². The van der Waals surface area contributed by atoms with Gasteiger partial charge in [0.05, 0.1) is 10.7 Å². The number of thiazole rings is 1. The van der Waals surface area contributed by atoms with Crippen molar-refractivity contribution in [3.05, 3.63) is 40.2 Å². The van der Waals surface area contributed by atoms with Gasteiger partial charge < -0.3 is 0 Å². The molecule has 0 N–H and O–H groups in total. The fourth-order valence-corrected chi connectivity index (χ4v) is 1.82. The second kappa shape index (κ2) is 3.46. The van der Waals surface area contributed by atoms with Crippen molar-refractivity contribution in [2.24, 2.45) is 0 Å². The molecule has 2 rings (SSSR count). The van der Waals surface area contributed by atoms with E-state index in [2.05, 4.69) is 4.98 Å². The molecule has 0 radical (unpaired) electrons. The van der Waals surface area contributed by atoms with E-state index in [0.29, 0.717) is 11.3 Å². The van der Waals surface area contributed by atoms with Gasteiger partial charge >= 0.3 is 0 Å². The SMILES string of the molecule is Cc1nc(-c2cc(F)cc(F)c2)cs1. The van der Waals surface area contributed by atoms with Gasteiger partial charge in [0.15, 0.2) is 0 Å². The Kier molecular flexibility index (Phi) is 2.29. The van der Waals surface area contributed by atoms with Crippen LogP contribution in [0.2, 0.25) is 0 Å². The Morgan fingerprint density at radius 2 is 1.79 bits per heavy atom. The smallest absolute Gasteiger partial charge is 0.126 e. The van der Waals surface area contributed by atoms with Crippen LogP contribution in [0, 0.1) is 18.6 Å². The molecule has 1 heterocycles. The maximum atomic E-state index is 12.9. The van der Waals surface area contributed by atoms with Crippen molar-refractivity contribution in [1.29, 1.82) is 0 Å². The Hall–Kier alpha value is -1.29. The lowest BCUT2D eigenvalue weighted by molar-refractivity contribution is 0.584. The zero-order chi connectivity index (χ0) is 10.1. The summed E-state index contributed by atoms with van der Waals surface area (Å²) < 4.78 is 25.7. The molecule has 0 bridgehead atoms. The van der Waals surface area contributed by atoms with Crippen molar-refractivity contribution in [1.82, 2.24) is 4.98 Å². The van der Waals surface area contributed by atoms with Crippen LogP contribution in [0.1, 0.15) is 5.01 Å². The van der Waals surface area contributed by atoms with Gasteiger partial charge in [-0.2, -0.15) is 0 Å². The van der Waals surface area contributed by atoms with Crippen LogP contribution >= 0.6 is 11.3 Å². The number of benzene rings is 1. The first kappa shape index (κ1) is 9.27. The van der Waals surface area contributed by atoms with E-state index in [1.807, 2.05) is 6.92 Å². The van der Waals surface area contributed by atoms with E-state index < -0.39 is 11.6 Å². The molecule has 72 valence electrons. The number of hydrogen-bond donors (Lipinski definition) is 0. The van der Waals surface area contributed by atoms with Gasteiger partial charge in [0.2, 0.25) is 0 Å². The van der Waals surface area contributed by atoms with Crippen molar-refractivity contribution in [3.63, 3.8) is 0 Å². The van der Waals surface area contributed by atoms with Crippen LogP contribution in [0.25, 0.3) is 11.3 Å². The fraction of sp³-hybridized carbons (Fsp3) is 0.100. The van der Waals surface area contributed by atoms with Crippen LogP contribution in [0.15, 0.2) is 23.6 Å². The van der Waals surface area contributed by atoms with Crippen LogP contribution in [-0.2, 0) is 0 Å². The summed E-state index contributed by atoms with van der Waals surface area (Å²) in [6, 6.07) is 3.40. The molecule has 0 aliphatic rings. The minimum atomic E-state index is -0.578. The van der Waals surface area contributed by atoms with Gasteiger partial charge in [-0.05, 0) is 19.1 Å². The fourth-order valence-electron chi connectivity index (χ4n) is 1.20. The third kappa shape index (κ3) is 1.80. The minimum absolute atomic E-state index is 0.479. The molecule has 2 aromatic rings. The number of hydrogen-bond acceptors (Lipinski definition) is 2. The van der Waals surface area contributed by atoms with Gasteiger partial charge in [-0.1, -0.05) is 0 Å². The first-order valence-electron chi connectivity index (χ1n) is 4.04. The lowest BCUT2D eigenvalue weighted by atomic mass is 10.1. The van der Waals surface area contributed by atoms with Crippen molar-refractivity contribution in [3.8, 4) is 11.3 Å². The highest BCUT2D eigenvalue weighted by molar-refractivity contribution is 7.09. The summed E-state index contributed by atoms with van der Waals surface area (Å²) in [5.74, 6) is -1.16. The van der Waals surface area contributed by atoms with E-state index in [1.54, 1.807) is 5.38 Å². The van der Waals surface area contributed by atoms with Crippen molar-refractivity contribution >= 4 is 11.3 Å². The first-order valence-corrected chi connectivity index (χ1v) is 4.92. The summed E-state index contributed by atoms with van der Waals surface area (Å²) in [4.78, 5) is 4.15. The maximum absolute atomic E-state index is 12.9. The Morgan fingerprint density at radius 3 is 2.29 bits per heavy atom. The monoisotopic (exact) mass is 211 g/mol. The summed E-state index contributed by atoms with van der Waals surface area (Å²) in [5.41, 5.74) is 1.10. The molecule has 0 aliphatic heterocycles. The Balaban J connectivity index is 2.51. The molecule has 0 amide bonds. The Morgan fingerprint density at radius 1 is 1.14 bits per heavy atom. The van der Waals surface area contributed by atoms with E-state index in [4.69, 9.17) is 0 Å². The highest BCUT2D eigenvalue weighted by Gasteiger charge is 2.05. The van der Waals surface area contributed by atoms with Crippen LogP contribution in [0.3, 0.4) is 0 Å². The van der Waals surface area contributed by atoms with E-state index in [-0.39, 0.29) is 0 Å². The number of halogens is 2. The number of rotatable bonds is 1.